The number of imide groups is 1. The molecule has 1 aromatic carbocycles. The van der Waals surface area contributed by atoms with E-state index in [0.29, 0.717) is 23.9 Å². The van der Waals surface area contributed by atoms with E-state index in [9.17, 15) is 14.4 Å². The van der Waals surface area contributed by atoms with Crippen LogP contribution in [0.2, 0.25) is 0 Å². The van der Waals surface area contributed by atoms with Gasteiger partial charge in [-0.05, 0) is 6.07 Å². The van der Waals surface area contributed by atoms with Crippen molar-refractivity contribution in [3.63, 3.8) is 0 Å². The van der Waals surface area contributed by atoms with Crippen LogP contribution >= 0.6 is 0 Å². The molecule has 1 aliphatic rings. The predicted molar refractivity (Wildman–Crippen MR) is 109 cm³/mol. The van der Waals surface area contributed by atoms with E-state index in [1.165, 1.54) is 4.90 Å². The number of hydrogen-bond donors (Lipinski definition) is 2. The number of nitrogens with zero attached hydrogens (tertiary/aromatic N) is 5. The molecule has 0 radical (unpaired) electrons. The number of benzene rings is 1. The molecular weight excluding hydrogens is 402 g/mol. The number of fused-ring (bicyclic) bond motifs is 1. The number of urea groups is 1. The summed E-state index contributed by atoms with van der Waals surface area (Å²) in [5.74, 6) is 0.491. The standard InChI is InChI=1S/C20H21N7O4/c28-16(8-11-26-12-9-17(29)22-20(26)30)21-10-13-31-18-7-6-15-23-24-19(27(15)25-18)14-4-2-1-3-5-14/h1-7H,8-13H2,(H,21,28)(H,22,29,30). The molecular formula is C20H21N7O4. The van der Waals surface area contributed by atoms with Gasteiger partial charge in [-0.1, -0.05) is 30.3 Å². The number of rotatable bonds is 8. The van der Waals surface area contributed by atoms with Gasteiger partial charge in [0.2, 0.25) is 17.7 Å². The first-order chi connectivity index (χ1) is 15.1. The van der Waals surface area contributed by atoms with E-state index in [4.69, 9.17) is 4.74 Å². The molecule has 11 heteroatoms. The maximum atomic E-state index is 12.0. The molecule has 160 valence electrons. The SMILES string of the molecule is O=C(CCN1CCC(=O)NC1=O)NCCOc1ccc2nnc(-c3ccccc3)n2n1. The highest BCUT2D eigenvalue weighted by Gasteiger charge is 2.22. The van der Waals surface area contributed by atoms with Gasteiger partial charge in [-0.2, -0.15) is 4.52 Å². The van der Waals surface area contributed by atoms with Gasteiger partial charge in [-0.15, -0.1) is 15.3 Å². The Labute approximate surface area is 177 Å². The molecule has 0 bridgehead atoms. The molecule has 0 unspecified atom stereocenters. The fourth-order valence-corrected chi connectivity index (χ4v) is 3.10. The molecule has 0 spiro atoms. The van der Waals surface area contributed by atoms with Crippen LogP contribution in [0.5, 0.6) is 5.88 Å². The van der Waals surface area contributed by atoms with Crippen molar-refractivity contribution in [1.29, 1.82) is 0 Å². The number of carbonyl (C=O) groups is 3. The molecule has 11 nitrogen and oxygen atoms in total. The lowest BCUT2D eigenvalue weighted by atomic mass is 10.2. The molecule has 2 aromatic heterocycles. The van der Waals surface area contributed by atoms with E-state index in [0.717, 1.165) is 5.56 Å². The third-order valence-corrected chi connectivity index (χ3v) is 4.70. The third-order valence-electron chi connectivity index (χ3n) is 4.70. The van der Waals surface area contributed by atoms with Crippen molar-refractivity contribution in [2.24, 2.45) is 0 Å². The zero-order valence-electron chi connectivity index (χ0n) is 16.7. The Morgan fingerprint density at radius 3 is 2.77 bits per heavy atom. The van der Waals surface area contributed by atoms with Crippen molar-refractivity contribution in [3.05, 3.63) is 42.5 Å². The van der Waals surface area contributed by atoms with E-state index in [1.54, 1.807) is 16.6 Å². The zero-order valence-corrected chi connectivity index (χ0v) is 16.7. The number of ether oxygens (including phenoxy) is 1. The Kier molecular flexibility index (Phi) is 6.01. The van der Waals surface area contributed by atoms with Crippen LogP contribution in [0.1, 0.15) is 12.8 Å². The smallest absolute Gasteiger partial charge is 0.324 e. The summed E-state index contributed by atoms with van der Waals surface area (Å²) in [6, 6.07) is 12.6. The highest BCUT2D eigenvalue weighted by atomic mass is 16.5. The van der Waals surface area contributed by atoms with Crippen LogP contribution in [-0.4, -0.2) is 68.8 Å². The summed E-state index contributed by atoms with van der Waals surface area (Å²) in [5.41, 5.74) is 1.49. The minimum atomic E-state index is -0.460. The fourth-order valence-electron chi connectivity index (χ4n) is 3.10. The number of aromatic nitrogens is 4. The van der Waals surface area contributed by atoms with Gasteiger partial charge in [-0.3, -0.25) is 14.9 Å². The summed E-state index contributed by atoms with van der Waals surface area (Å²) in [6.45, 7) is 1.09. The first-order valence-electron chi connectivity index (χ1n) is 9.86. The van der Waals surface area contributed by atoms with Crippen LogP contribution in [0.4, 0.5) is 4.79 Å². The van der Waals surface area contributed by atoms with Gasteiger partial charge in [0, 0.05) is 37.6 Å². The van der Waals surface area contributed by atoms with Crippen LogP contribution in [0.15, 0.2) is 42.5 Å². The summed E-state index contributed by atoms with van der Waals surface area (Å²) in [5, 5.41) is 17.7. The van der Waals surface area contributed by atoms with Crippen molar-refractivity contribution in [2.75, 3.05) is 26.2 Å². The van der Waals surface area contributed by atoms with E-state index < -0.39 is 6.03 Å². The number of nitrogens with one attached hydrogen (secondary N) is 2. The molecule has 1 saturated heterocycles. The van der Waals surface area contributed by atoms with Gasteiger partial charge in [0.15, 0.2) is 11.5 Å². The van der Waals surface area contributed by atoms with Crippen molar-refractivity contribution < 1.29 is 19.1 Å². The minimum Gasteiger partial charge on any atom is -0.475 e. The summed E-state index contributed by atoms with van der Waals surface area (Å²) in [7, 11) is 0. The van der Waals surface area contributed by atoms with E-state index in [2.05, 4.69) is 25.9 Å². The Hall–Kier alpha value is -4.02. The zero-order chi connectivity index (χ0) is 21.6. The number of amides is 4. The van der Waals surface area contributed by atoms with Crippen molar-refractivity contribution in [2.45, 2.75) is 12.8 Å². The Bertz CT molecular complexity index is 1100. The number of hydrogen-bond acceptors (Lipinski definition) is 7. The maximum Gasteiger partial charge on any atom is 0.324 e. The first kappa shape index (κ1) is 20.3. The topological polar surface area (TPSA) is 131 Å². The average Bonchev–Trinajstić information content (AvgIpc) is 3.20. The Morgan fingerprint density at radius 2 is 1.97 bits per heavy atom. The third kappa shape index (κ3) is 4.94. The molecule has 1 aliphatic heterocycles. The first-order valence-corrected chi connectivity index (χ1v) is 9.86. The molecule has 2 N–H and O–H groups in total. The molecule has 0 atom stereocenters. The molecule has 0 aliphatic carbocycles. The van der Waals surface area contributed by atoms with E-state index in [1.807, 2.05) is 30.3 Å². The van der Waals surface area contributed by atoms with E-state index in [-0.39, 0.29) is 44.4 Å². The van der Waals surface area contributed by atoms with E-state index >= 15 is 0 Å². The van der Waals surface area contributed by atoms with Gasteiger partial charge in [0.05, 0.1) is 6.54 Å². The quantitative estimate of drug-likeness (QED) is 0.508. The average molecular weight is 423 g/mol. The highest BCUT2D eigenvalue weighted by molar-refractivity contribution is 5.96. The fraction of sp³-hybridized carbons (Fsp3) is 0.300. The molecule has 4 rings (SSSR count). The second kappa shape index (κ2) is 9.20. The monoisotopic (exact) mass is 423 g/mol. The second-order valence-corrected chi connectivity index (χ2v) is 6.87. The molecule has 4 amide bonds. The molecule has 3 heterocycles. The van der Waals surface area contributed by atoms with Gasteiger partial charge in [-0.25, -0.2) is 4.79 Å². The summed E-state index contributed by atoms with van der Waals surface area (Å²) in [4.78, 5) is 36.2. The lowest BCUT2D eigenvalue weighted by Crippen LogP contribution is -2.50. The predicted octanol–water partition coefficient (Wildman–Crippen LogP) is 0.618. The lowest BCUT2D eigenvalue weighted by molar-refractivity contribution is -0.121. The highest BCUT2D eigenvalue weighted by Crippen LogP contribution is 2.18. The summed E-state index contributed by atoms with van der Waals surface area (Å²) in [6.07, 6.45) is 0.393. The van der Waals surface area contributed by atoms with Crippen molar-refractivity contribution in [3.8, 4) is 17.3 Å². The van der Waals surface area contributed by atoms with Crippen LogP contribution in [-0.2, 0) is 9.59 Å². The summed E-state index contributed by atoms with van der Waals surface area (Å²) < 4.78 is 7.24. The molecule has 31 heavy (non-hydrogen) atoms. The number of carbonyl (C=O) groups excluding carboxylic acids is 3. The largest absolute Gasteiger partial charge is 0.475 e. The van der Waals surface area contributed by atoms with Crippen LogP contribution < -0.4 is 15.4 Å². The van der Waals surface area contributed by atoms with Crippen LogP contribution in [0.3, 0.4) is 0 Å². The maximum absolute atomic E-state index is 12.0. The van der Waals surface area contributed by atoms with Crippen molar-refractivity contribution in [1.82, 2.24) is 35.3 Å². The Balaban J connectivity index is 1.25. The minimum absolute atomic E-state index is 0.146. The molecule has 3 aromatic rings. The molecule has 0 saturated carbocycles. The van der Waals surface area contributed by atoms with Crippen LogP contribution in [0, 0.1) is 0 Å². The van der Waals surface area contributed by atoms with Gasteiger partial charge in [0.25, 0.3) is 0 Å². The Morgan fingerprint density at radius 1 is 1.13 bits per heavy atom. The van der Waals surface area contributed by atoms with Crippen molar-refractivity contribution >= 4 is 23.5 Å². The second-order valence-electron chi connectivity index (χ2n) is 6.87. The molecule has 1 fully saturated rings. The van der Waals surface area contributed by atoms with Gasteiger partial charge in [0.1, 0.15) is 6.61 Å². The lowest BCUT2D eigenvalue weighted by Gasteiger charge is -2.26. The summed E-state index contributed by atoms with van der Waals surface area (Å²) >= 11 is 0. The van der Waals surface area contributed by atoms with Crippen LogP contribution in [0.25, 0.3) is 17.0 Å². The van der Waals surface area contributed by atoms with Gasteiger partial charge < -0.3 is 15.0 Å². The van der Waals surface area contributed by atoms with Gasteiger partial charge >= 0.3 is 6.03 Å². The normalized spacial score (nSPS) is 13.9.